The predicted octanol–water partition coefficient (Wildman–Crippen LogP) is 1.42. The van der Waals surface area contributed by atoms with Gasteiger partial charge >= 0.3 is 12.1 Å². The molecule has 0 aromatic carbocycles. The molecule has 0 aromatic rings. The zero-order chi connectivity index (χ0) is 12.6. The van der Waals surface area contributed by atoms with Crippen LogP contribution in [0.4, 0.5) is 4.79 Å². The average molecular weight is 241 g/mol. The van der Waals surface area contributed by atoms with Gasteiger partial charge in [-0.2, -0.15) is 0 Å². The normalized spacial score (nSPS) is 28.6. The average Bonchev–Trinajstić information content (AvgIpc) is 2.57. The number of carbonyl (C=O) groups is 2. The number of piperidine rings is 1. The molecule has 0 aliphatic carbocycles. The second-order valence-electron chi connectivity index (χ2n) is 5.71. The molecule has 0 aromatic heterocycles. The minimum atomic E-state index is -0.476. The number of cyclic esters (lactones) is 1. The van der Waals surface area contributed by atoms with Crippen LogP contribution < -0.4 is 0 Å². The molecule has 2 saturated heterocycles. The van der Waals surface area contributed by atoms with Crippen LogP contribution in [0.15, 0.2) is 0 Å². The Hall–Kier alpha value is -1.26. The lowest BCUT2D eigenvalue weighted by atomic mass is 9.88. The quantitative estimate of drug-likeness (QED) is 0.602. The molecule has 0 N–H and O–H groups in total. The number of rotatable bonds is 0. The molecule has 2 fully saturated rings. The van der Waals surface area contributed by atoms with E-state index in [1.807, 2.05) is 20.8 Å². The van der Waals surface area contributed by atoms with Gasteiger partial charge in [0.15, 0.2) is 0 Å². The monoisotopic (exact) mass is 241 g/mol. The maximum absolute atomic E-state index is 11.9. The second kappa shape index (κ2) is 4.20. The topological polar surface area (TPSA) is 55.8 Å². The van der Waals surface area contributed by atoms with Crippen molar-refractivity contribution in [3.05, 3.63) is 0 Å². The Bertz CT molecular complexity index is 334. The molecule has 2 atom stereocenters. The molecule has 0 bridgehead atoms. The SMILES string of the molecule is CC(C)(C)OC(=O)N1CC[C@H]2C(=O)OC[C@@H]2C1. The largest absolute Gasteiger partial charge is 0.465 e. The molecule has 2 rings (SSSR count). The Morgan fingerprint density at radius 3 is 2.82 bits per heavy atom. The number of hydrogen-bond donors (Lipinski definition) is 0. The zero-order valence-corrected chi connectivity index (χ0v) is 10.6. The maximum Gasteiger partial charge on any atom is 0.410 e. The van der Waals surface area contributed by atoms with E-state index in [-0.39, 0.29) is 23.9 Å². The van der Waals surface area contributed by atoms with E-state index in [9.17, 15) is 9.59 Å². The highest BCUT2D eigenvalue weighted by molar-refractivity contribution is 5.76. The third-order valence-corrected chi connectivity index (χ3v) is 3.13. The summed E-state index contributed by atoms with van der Waals surface area (Å²) in [6.45, 7) is 7.11. The summed E-state index contributed by atoms with van der Waals surface area (Å²) in [4.78, 5) is 24.9. The predicted molar refractivity (Wildman–Crippen MR) is 60.4 cm³/mol. The van der Waals surface area contributed by atoms with Crippen LogP contribution in [0.25, 0.3) is 0 Å². The van der Waals surface area contributed by atoms with Crippen LogP contribution in [0, 0.1) is 11.8 Å². The van der Waals surface area contributed by atoms with Crippen LogP contribution in [0.5, 0.6) is 0 Å². The number of carbonyl (C=O) groups excluding carboxylic acids is 2. The van der Waals surface area contributed by atoms with E-state index in [0.717, 1.165) is 0 Å². The van der Waals surface area contributed by atoms with Gasteiger partial charge in [0.25, 0.3) is 0 Å². The third-order valence-electron chi connectivity index (χ3n) is 3.13. The summed E-state index contributed by atoms with van der Waals surface area (Å²) in [6.07, 6.45) is 0.387. The van der Waals surface area contributed by atoms with Crippen LogP contribution in [0.3, 0.4) is 0 Å². The van der Waals surface area contributed by atoms with Crippen molar-refractivity contribution >= 4 is 12.1 Å². The standard InChI is InChI=1S/C12H19NO4/c1-12(2,3)17-11(15)13-5-4-9-8(6-13)7-16-10(9)14/h8-9H,4-7H2,1-3H3/t8-,9+/m0/s1. The van der Waals surface area contributed by atoms with Crippen LogP contribution in [0.1, 0.15) is 27.2 Å². The molecule has 0 saturated carbocycles. The van der Waals surface area contributed by atoms with E-state index in [1.165, 1.54) is 0 Å². The molecule has 2 aliphatic heterocycles. The van der Waals surface area contributed by atoms with Gasteiger partial charge in [-0.1, -0.05) is 0 Å². The Labute approximate surface area is 101 Å². The number of esters is 1. The van der Waals surface area contributed by atoms with Crippen molar-refractivity contribution in [2.24, 2.45) is 11.8 Å². The molecule has 5 heteroatoms. The van der Waals surface area contributed by atoms with Gasteiger partial charge in [-0.25, -0.2) is 4.79 Å². The maximum atomic E-state index is 11.9. The van der Waals surface area contributed by atoms with E-state index in [1.54, 1.807) is 4.90 Å². The van der Waals surface area contributed by atoms with Crippen molar-refractivity contribution in [3.8, 4) is 0 Å². The van der Waals surface area contributed by atoms with Gasteiger partial charge in [-0.05, 0) is 27.2 Å². The molecule has 2 aliphatic rings. The highest BCUT2D eigenvalue weighted by Gasteiger charge is 2.42. The van der Waals surface area contributed by atoms with E-state index >= 15 is 0 Å². The third kappa shape index (κ3) is 2.70. The number of amides is 1. The number of fused-ring (bicyclic) bond motifs is 1. The summed E-state index contributed by atoms with van der Waals surface area (Å²) < 4.78 is 10.3. The van der Waals surface area contributed by atoms with Gasteiger partial charge in [-0.3, -0.25) is 4.79 Å². The van der Waals surface area contributed by atoms with Crippen molar-refractivity contribution in [3.63, 3.8) is 0 Å². The molecule has 0 unspecified atom stereocenters. The van der Waals surface area contributed by atoms with Crippen LogP contribution >= 0.6 is 0 Å². The van der Waals surface area contributed by atoms with Crippen LogP contribution in [0.2, 0.25) is 0 Å². The second-order valence-corrected chi connectivity index (χ2v) is 5.71. The molecular weight excluding hydrogens is 222 g/mol. The molecule has 0 radical (unpaired) electrons. The minimum absolute atomic E-state index is 0.0197. The van der Waals surface area contributed by atoms with E-state index < -0.39 is 5.60 Å². The Balaban J connectivity index is 1.93. The van der Waals surface area contributed by atoms with Crippen molar-refractivity contribution in [1.29, 1.82) is 0 Å². The first-order chi connectivity index (χ1) is 7.87. The fourth-order valence-electron chi connectivity index (χ4n) is 2.30. The van der Waals surface area contributed by atoms with Gasteiger partial charge in [0.2, 0.25) is 0 Å². The lowest BCUT2D eigenvalue weighted by Crippen LogP contribution is -2.46. The van der Waals surface area contributed by atoms with Gasteiger partial charge in [0.1, 0.15) is 5.60 Å². The molecule has 5 nitrogen and oxygen atoms in total. The summed E-state index contributed by atoms with van der Waals surface area (Å²) in [5, 5.41) is 0. The fraction of sp³-hybridized carbons (Fsp3) is 0.833. The smallest absolute Gasteiger partial charge is 0.410 e. The first-order valence-electron chi connectivity index (χ1n) is 6.01. The minimum Gasteiger partial charge on any atom is -0.465 e. The Morgan fingerprint density at radius 2 is 2.18 bits per heavy atom. The molecule has 96 valence electrons. The van der Waals surface area contributed by atoms with Crippen molar-refractivity contribution in [1.82, 2.24) is 4.90 Å². The van der Waals surface area contributed by atoms with Gasteiger partial charge in [0.05, 0.1) is 12.5 Å². The molecule has 2 heterocycles. The van der Waals surface area contributed by atoms with E-state index in [2.05, 4.69) is 0 Å². The van der Waals surface area contributed by atoms with Crippen molar-refractivity contribution in [2.75, 3.05) is 19.7 Å². The number of ether oxygens (including phenoxy) is 2. The summed E-state index contributed by atoms with van der Waals surface area (Å²) in [6, 6.07) is 0. The first-order valence-corrected chi connectivity index (χ1v) is 6.01. The van der Waals surface area contributed by atoms with Crippen molar-refractivity contribution in [2.45, 2.75) is 32.8 Å². The van der Waals surface area contributed by atoms with Crippen molar-refractivity contribution < 1.29 is 19.1 Å². The summed E-state index contributed by atoms with van der Waals surface area (Å²) >= 11 is 0. The highest BCUT2D eigenvalue weighted by atomic mass is 16.6. The highest BCUT2D eigenvalue weighted by Crippen LogP contribution is 2.30. The lowest BCUT2D eigenvalue weighted by molar-refractivity contribution is -0.141. The summed E-state index contributed by atoms with van der Waals surface area (Å²) in [7, 11) is 0. The van der Waals surface area contributed by atoms with Gasteiger partial charge in [-0.15, -0.1) is 0 Å². The Kier molecular flexibility index (Phi) is 3.02. The molecular formula is C12H19NO4. The van der Waals surface area contributed by atoms with E-state index in [4.69, 9.17) is 9.47 Å². The molecule has 1 amide bonds. The van der Waals surface area contributed by atoms with Gasteiger partial charge < -0.3 is 14.4 Å². The number of likely N-dealkylation sites (tertiary alicyclic amines) is 1. The summed E-state index contributed by atoms with van der Waals surface area (Å²) in [5.41, 5.74) is -0.476. The van der Waals surface area contributed by atoms with Crippen LogP contribution in [-0.2, 0) is 14.3 Å². The number of nitrogens with zero attached hydrogens (tertiary/aromatic N) is 1. The summed E-state index contributed by atoms with van der Waals surface area (Å²) in [5.74, 6) is 0.0105. The zero-order valence-electron chi connectivity index (χ0n) is 10.6. The molecule has 0 spiro atoms. The molecule has 17 heavy (non-hydrogen) atoms. The first kappa shape index (κ1) is 12.2. The Morgan fingerprint density at radius 1 is 1.47 bits per heavy atom. The van der Waals surface area contributed by atoms with Gasteiger partial charge in [0, 0.05) is 19.0 Å². The van der Waals surface area contributed by atoms with Crippen LogP contribution in [-0.4, -0.2) is 42.3 Å². The number of hydrogen-bond acceptors (Lipinski definition) is 4. The van der Waals surface area contributed by atoms with E-state index in [0.29, 0.717) is 26.1 Å². The fourth-order valence-corrected chi connectivity index (χ4v) is 2.30. The lowest BCUT2D eigenvalue weighted by Gasteiger charge is -2.33.